The number of likely N-dealkylation sites (N-methyl/N-ethyl adjacent to an activating group) is 1. The number of sulfonamides is 1. The fourth-order valence-electron chi connectivity index (χ4n) is 2.33. The molecule has 118 valence electrons. The molecule has 1 unspecified atom stereocenters. The predicted molar refractivity (Wildman–Crippen MR) is 81.5 cm³/mol. The Bertz CT molecular complexity index is 589. The number of rotatable bonds is 5. The molecular weight excluding hydrogens is 290 g/mol. The Kier molecular flexibility index (Phi) is 5.34. The maximum absolute atomic E-state index is 12.4. The van der Waals surface area contributed by atoms with Crippen molar-refractivity contribution in [1.82, 2.24) is 9.62 Å². The van der Waals surface area contributed by atoms with E-state index in [4.69, 9.17) is 10.5 Å². The Hall–Kier alpha value is -0.990. The van der Waals surface area contributed by atoms with E-state index in [-0.39, 0.29) is 17.5 Å². The molecule has 0 bridgehead atoms. The van der Waals surface area contributed by atoms with Crippen molar-refractivity contribution in [3.05, 3.63) is 29.3 Å². The van der Waals surface area contributed by atoms with Gasteiger partial charge in [-0.1, -0.05) is 12.1 Å². The second-order valence-corrected chi connectivity index (χ2v) is 7.15. The minimum Gasteiger partial charge on any atom is -0.374 e. The van der Waals surface area contributed by atoms with Crippen molar-refractivity contribution < 1.29 is 13.2 Å². The van der Waals surface area contributed by atoms with Crippen molar-refractivity contribution in [3.8, 4) is 0 Å². The first kappa shape index (κ1) is 16.4. The number of aryl methyl sites for hydroxylation is 1. The van der Waals surface area contributed by atoms with Gasteiger partial charge in [-0.05, 0) is 31.2 Å². The standard InChI is InChI=1S/C14H23N3O3S/c1-11-3-4-12(8-15)7-14(11)21(18,19)16-9-13-10-17(2)5-6-20-13/h3-4,7,13,16H,5-6,8-10,15H2,1-2H3. The molecule has 0 radical (unpaired) electrons. The Morgan fingerprint density at radius 3 is 2.90 bits per heavy atom. The van der Waals surface area contributed by atoms with Gasteiger partial charge in [-0.25, -0.2) is 13.1 Å². The molecule has 1 atom stereocenters. The van der Waals surface area contributed by atoms with Gasteiger partial charge in [-0.3, -0.25) is 0 Å². The molecule has 7 heteroatoms. The van der Waals surface area contributed by atoms with Crippen LogP contribution in [-0.4, -0.2) is 52.7 Å². The van der Waals surface area contributed by atoms with Crippen LogP contribution in [0.2, 0.25) is 0 Å². The van der Waals surface area contributed by atoms with Crippen LogP contribution in [0.3, 0.4) is 0 Å². The van der Waals surface area contributed by atoms with Gasteiger partial charge in [0.2, 0.25) is 10.0 Å². The zero-order valence-electron chi connectivity index (χ0n) is 12.5. The lowest BCUT2D eigenvalue weighted by Crippen LogP contribution is -2.45. The summed E-state index contributed by atoms with van der Waals surface area (Å²) >= 11 is 0. The van der Waals surface area contributed by atoms with Gasteiger partial charge < -0.3 is 15.4 Å². The number of nitrogens with one attached hydrogen (secondary N) is 1. The van der Waals surface area contributed by atoms with Crippen LogP contribution < -0.4 is 10.5 Å². The Morgan fingerprint density at radius 2 is 2.24 bits per heavy atom. The Labute approximate surface area is 126 Å². The van der Waals surface area contributed by atoms with Gasteiger partial charge in [0.1, 0.15) is 0 Å². The summed E-state index contributed by atoms with van der Waals surface area (Å²) in [5.41, 5.74) is 7.09. The molecular formula is C14H23N3O3S. The van der Waals surface area contributed by atoms with E-state index in [9.17, 15) is 8.42 Å². The Balaban J connectivity index is 2.08. The van der Waals surface area contributed by atoms with E-state index in [1.54, 1.807) is 19.1 Å². The second kappa shape index (κ2) is 6.85. The van der Waals surface area contributed by atoms with Crippen LogP contribution in [0.25, 0.3) is 0 Å². The number of nitrogens with two attached hydrogens (primary N) is 1. The third kappa shape index (κ3) is 4.24. The highest BCUT2D eigenvalue weighted by Crippen LogP contribution is 2.17. The number of nitrogens with zero attached hydrogens (tertiary/aromatic N) is 1. The number of hydrogen-bond acceptors (Lipinski definition) is 5. The third-order valence-electron chi connectivity index (χ3n) is 3.62. The highest BCUT2D eigenvalue weighted by Gasteiger charge is 2.22. The van der Waals surface area contributed by atoms with Crippen LogP contribution in [0.4, 0.5) is 0 Å². The van der Waals surface area contributed by atoms with Gasteiger partial charge in [0.05, 0.1) is 17.6 Å². The van der Waals surface area contributed by atoms with Crippen molar-refractivity contribution in [2.24, 2.45) is 5.73 Å². The molecule has 3 N–H and O–H groups in total. The zero-order chi connectivity index (χ0) is 15.5. The van der Waals surface area contributed by atoms with E-state index < -0.39 is 10.0 Å². The second-order valence-electron chi connectivity index (χ2n) is 5.41. The first-order valence-corrected chi connectivity index (χ1v) is 8.50. The van der Waals surface area contributed by atoms with Gasteiger partial charge in [0.25, 0.3) is 0 Å². The van der Waals surface area contributed by atoms with E-state index in [1.807, 2.05) is 13.1 Å². The number of morpholine rings is 1. The normalized spacial score (nSPS) is 20.6. The van der Waals surface area contributed by atoms with Crippen molar-refractivity contribution in [2.75, 3.05) is 33.3 Å². The first-order chi connectivity index (χ1) is 9.92. The minimum absolute atomic E-state index is 0.114. The summed E-state index contributed by atoms with van der Waals surface area (Å²) in [6, 6.07) is 5.25. The smallest absolute Gasteiger partial charge is 0.240 e. The molecule has 1 saturated heterocycles. The number of benzene rings is 1. The zero-order valence-corrected chi connectivity index (χ0v) is 13.3. The predicted octanol–water partition coefficient (Wildman–Crippen LogP) is 0.0626. The minimum atomic E-state index is -3.54. The molecule has 0 amide bonds. The summed E-state index contributed by atoms with van der Waals surface area (Å²) in [6.07, 6.45) is -0.114. The van der Waals surface area contributed by atoms with E-state index >= 15 is 0 Å². The molecule has 1 aliphatic rings. The van der Waals surface area contributed by atoms with E-state index in [0.29, 0.717) is 18.7 Å². The molecule has 0 saturated carbocycles. The third-order valence-corrected chi connectivity index (χ3v) is 5.19. The largest absolute Gasteiger partial charge is 0.374 e. The molecule has 1 aromatic carbocycles. The summed E-state index contributed by atoms with van der Waals surface area (Å²) in [6.45, 7) is 4.61. The van der Waals surface area contributed by atoms with Crippen LogP contribution in [-0.2, 0) is 21.3 Å². The average Bonchev–Trinajstić information content (AvgIpc) is 2.46. The van der Waals surface area contributed by atoms with E-state index in [2.05, 4.69) is 9.62 Å². The summed E-state index contributed by atoms with van der Waals surface area (Å²) in [5.74, 6) is 0. The summed E-state index contributed by atoms with van der Waals surface area (Å²) in [5, 5.41) is 0. The maximum atomic E-state index is 12.4. The fourth-order valence-corrected chi connectivity index (χ4v) is 3.69. The number of ether oxygens (including phenoxy) is 1. The highest BCUT2D eigenvalue weighted by molar-refractivity contribution is 7.89. The first-order valence-electron chi connectivity index (χ1n) is 7.02. The van der Waals surface area contributed by atoms with Crippen molar-refractivity contribution >= 4 is 10.0 Å². The van der Waals surface area contributed by atoms with Crippen LogP contribution >= 0.6 is 0 Å². The summed E-state index contributed by atoms with van der Waals surface area (Å²) < 4.78 is 33.1. The van der Waals surface area contributed by atoms with Gasteiger partial charge >= 0.3 is 0 Å². The lowest BCUT2D eigenvalue weighted by molar-refractivity contribution is -0.0156. The average molecular weight is 313 g/mol. The lowest BCUT2D eigenvalue weighted by atomic mass is 10.1. The van der Waals surface area contributed by atoms with Crippen molar-refractivity contribution in [3.63, 3.8) is 0 Å². The molecule has 1 aromatic rings. The lowest BCUT2D eigenvalue weighted by Gasteiger charge is -2.30. The van der Waals surface area contributed by atoms with E-state index in [1.165, 1.54) is 0 Å². The molecule has 2 rings (SSSR count). The molecule has 1 heterocycles. The van der Waals surface area contributed by atoms with Gasteiger partial charge in [-0.2, -0.15) is 0 Å². The quantitative estimate of drug-likeness (QED) is 0.803. The molecule has 0 aliphatic carbocycles. The summed E-state index contributed by atoms with van der Waals surface area (Å²) in [4.78, 5) is 2.41. The van der Waals surface area contributed by atoms with Crippen LogP contribution in [0, 0.1) is 6.92 Å². The van der Waals surface area contributed by atoms with Gasteiger partial charge in [0.15, 0.2) is 0 Å². The van der Waals surface area contributed by atoms with Crippen LogP contribution in [0.1, 0.15) is 11.1 Å². The van der Waals surface area contributed by atoms with Crippen molar-refractivity contribution in [1.29, 1.82) is 0 Å². The molecule has 0 spiro atoms. The topological polar surface area (TPSA) is 84.7 Å². The molecule has 21 heavy (non-hydrogen) atoms. The monoisotopic (exact) mass is 313 g/mol. The fraction of sp³-hybridized carbons (Fsp3) is 0.571. The van der Waals surface area contributed by atoms with Gasteiger partial charge in [0, 0.05) is 26.2 Å². The number of hydrogen-bond donors (Lipinski definition) is 2. The van der Waals surface area contributed by atoms with E-state index in [0.717, 1.165) is 18.7 Å². The maximum Gasteiger partial charge on any atom is 0.240 e. The SMILES string of the molecule is Cc1ccc(CN)cc1S(=O)(=O)NCC1CN(C)CCO1. The van der Waals surface area contributed by atoms with Crippen LogP contribution in [0.5, 0.6) is 0 Å². The van der Waals surface area contributed by atoms with Crippen molar-refractivity contribution in [2.45, 2.75) is 24.5 Å². The highest BCUT2D eigenvalue weighted by atomic mass is 32.2. The van der Waals surface area contributed by atoms with Gasteiger partial charge in [-0.15, -0.1) is 0 Å². The molecule has 6 nitrogen and oxygen atoms in total. The molecule has 0 aromatic heterocycles. The molecule has 1 fully saturated rings. The summed E-state index contributed by atoms with van der Waals surface area (Å²) in [7, 11) is -1.55. The molecule has 1 aliphatic heterocycles. The Morgan fingerprint density at radius 1 is 1.48 bits per heavy atom. The van der Waals surface area contributed by atoms with Crippen LogP contribution in [0.15, 0.2) is 23.1 Å².